The molecule has 0 saturated carbocycles. The van der Waals surface area contributed by atoms with Gasteiger partial charge in [0.25, 0.3) is 11.1 Å². The first-order valence-corrected chi connectivity index (χ1v) is 24.5. The zero-order valence-corrected chi connectivity index (χ0v) is 40.2. The van der Waals surface area contributed by atoms with Gasteiger partial charge in [-0.25, -0.2) is 0 Å². The highest BCUT2D eigenvalue weighted by molar-refractivity contribution is 5.95. The lowest BCUT2D eigenvalue weighted by Crippen LogP contribution is -2.46. The first kappa shape index (κ1) is 48.1. The first-order valence-electron chi connectivity index (χ1n) is 24.5. The number of hydrogen-bond donors (Lipinski definition) is 4. The molecule has 4 bridgehead atoms. The third kappa shape index (κ3) is 8.92. The van der Waals surface area contributed by atoms with E-state index in [1.807, 2.05) is 147 Å². The van der Waals surface area contributed by atoms with Crippen LogP contribution in [0.2, 0.25) is 0 Å². The Morgan fingerprint density at radius 3 is 1.21 bits per heavy atom. The van der Waals surface area contributed by atoms with Crippen LogP contribution in [-0.4, -0.2) is 79.3 Å². The Hall–Kier alpha value is -6.96. The summed E-state index contributed by atoms with van der Waals surface area (Å²) in [6.07, 6.45) is 7.34. The fourth-order valence-electron chi connectivity index (χ4n) is 11.8. The number of nitrogens with zero attached hydrogens (tertiary/aromatic N) is 4. The van der Waals surface area contributed by atoms with Crippen molar-refractivity contribution in [2.45, 2.75) is 65.0 Å². The quantitative estimate of drug-likeness (QED) is 0.0958. The predicted octanol–water partition coefficient (Wildman–Crippen LogP) is 8.34. The summed E-state index contributed by atoms with van der Waals surface area (Å²) in [5.74, 6) is -1.68. The van der Waals surface area contributed by atoms with Crippen LogP contribution in [0.1, 0.15) is 62.3 Å². The van der Waals surface area contributed by atoms with E-state index in [4.69, 9.17) is 0 Å². The number of allylic oxidation sites excluding steroid dienone is 2. The number of hydrogen-bond acceptors (Lipinski definition) is 8. The van der Waals surface area contributed by atoms with Crippen LogP contribution in [0.4, 0.5) is 11.4 Å². The molecule has 12 heteroatoms. The van der Waals surface area contributed by atoms with E-state index in [9.17, 15) is 29.4 Å². The van der Waals surface area contributed by atoms with Gasteiger partial charge in [-0.2, -0.15) is 0 Å². The maximum Gasteiger partial charge on any atom is 0.258 e. The predicted molar refractivity (Wildman–Crippen MR) is 278 cm³/mol. The highest BCUT2D eigenvalue weighted by atomic mass is 16.3. The number of rotatable bonds is 12. The molecule has 10 rings (SSSR count). The number of likely N-dealkylation sites (N-methyl/N-ethyl adjacent to an activating group) is 2. The fraction of sp³-hybridized carbons (Fsp3) is 0.310. The number of aromatic nitrogens is 2. The van der Waals surface area contributed by atoms with E-state index >= 15 is 0 Å². The Kier molecular flexibility index (Phi) is 14.4. The van der Waals surface area contributed by atoms with Gasteiger partial charge < -0.3 is 30.0 Å². The normalized spacial score (nSPS) is 23.4. The zero-order valence-electron chi connectivity index (χ0n) is 40.2. The van der Waals surface area contributed by atoms with Gasteiger partial charge in [0.15, 0.2) is 0 Å². The highest BCUT2D eigenvalue weighted by Gasteiger charge is 2.56. The first-order chi connectivity index (χ1) is 34.1. The maximum absolute atomic E-state index is 13.7. The summed E-state index contributed by atoms with van der Waals surface area (Å²) in [5, 5.41) is 26.9. The molecule has 360 valence electrons. The van der Waals surface area contributed by atoms with Gasteiger partial charge in [-0.3, -0.25) is 29.0 Å². The minimum Gasteiger partial charge on any atom is -0.396 e. The third-order valence-electron chi connectivity index (χ3n) is 14.9. The molecule has 4 aliphatic heterocycles. The molecule has 6 aromatic rings. The van der Waals surface area contributed by atoms with Gasteiger partial charge in [0, 0.05) is 84.1 Å². The van der Waals surface area contributed by atoms with Crippen molar-refractivity contribution in [1.82, 2.24) is 18.9 Å². The van der Waals surface area contributed by atoms with E-state index < -0.39 is 11.8 Å². The van der Waals surface area contributed by atoms with E-state index in [-0.39, 0.29) is 72.1 Å². The van der Waals surface area contributed by atoms with Crippen molar-refractivity contribution in [2.75, 3.05) is 36.9 Å². The van der Waals surface area contributed by atoms with Crippen LogP contribution in [0.5, 0.6) is 0 Å². The number of benzene rings is 4. The number of anilines is 2. The molecule has 2 amide bonds. The van der Waals surface area contributed by atoms with Crippen LogP contribution >= 0.6 is 0 Å². The number of fused-ring (bicyclic) bond motifs is 8. The van der Waals surface area contributed by atoms with Gasteiger partial charge in [0.2, 0.25) is 11.8 Å². The molecule has 8 atom stereocenters. The lowest BCUT2D eigenvalue weighted by Gasteiger charge is -2.37. The van der Waals surface area contributed by atoms with Crippen molar-refractivity contribution in [3.8, 4) is 22.3 Å². The average molecular weight is 939 g/mol. The number of amides is 2. The summed E-state index contributed by atoms with van der Waals surface area (Å²) >= 11 is 0. The Balaban J connectivity index is 0.000000174. The van der Waals surface area contributed by atoms with Gasteiger partial charge in [-0.1, -0.05) is 123 Å². The number of pyridine rings is 2. The summed E-state index contributed by atoms with van der Waals surface area (Å²) in [5.41, 5.74) is 8.72. The van der Waals surface area contributed by atoms with Crippen LogP contribution in [0.15, 0.2) is 155 Å². The molecule has 2 saturated heterocycles. The Morgan fingerprint density at radius 2 is 0.886 bits per heavy atom. The second-order valence-electron chi connectivity index (χ2n) is 18.6. The monoisotopic (exact) mass is 938 g/mol. The molecular formula is C58H62N6O6. The lowest BCUT2D eigenvalue weighted by atomic mass is 9.86. The molecule has 4 N–H and O–H groups in total. The van der Waals surface area contributed by atoms with E-state index in [2.05, 4.69) is 58.5 Å². The number of aliphatic hydroxyl groups excluding tert-OH is 2. The third-order valence-corrected chi connectivity index (χ3v) is 14.9. The van der Waals surface area contributed by atoms with E-state index in [1.54, 1.807) is 9.13 Å². The maximum atomic E-state index is 13.7. The molecule has 2 fully saturated rings. The zero-order chi connectivity index (χ0) is 49.1. The largest absolute Gasteiger partial charge is 0.396 e. The fourth-order valence-corrected chi connectivity index (χ4v) is 11.8. The van der Waals surface area contributed by atoms with Crippen molar-refractivity contribution in [2.24, 2.45) is 23.7 Å². The summed E-state index contributed by atoms with van der Waals surface area (Å²) in [7, 11) is 0. The van der Waals surface area contributed by atoms with E-state index in [0.29, 0.717) is 24.2 Å². The van der Waals surface area contributed by atoms with Gasteiger partial charge >= 0.3 is 0 Å². The highest BCUT2D eigenvalue weighted by Crippen LogP contribution is 2.50. The Morgan fingerprint density at radius 1 is 0.529 bits per heavy atom. The molecule has 4 aliphatic rings. The SMILES string of the molecule is C/C=C/c1ccc2n(c1=O)C[C@H]1[C@H](CO)[C@@H](C(=O)Nc3ccc(-c4ccccc4)cc3)[C@@H]2N1CC.C/C=C\c1ccc2n(c1=O)C[C@H]1[C@H](CO)[C@@H](C(=O)Nc3ccc(-c4ccccc4)cc3)[C@@H]2N1CC. The smallest absolute Gasteiger partial charge is 0.258 e. The van der Waals surface area contributed by atoms with Crippen LogP contribution < -0.4 is 21.8 Å². The van der Waals surface area contributed by atoms with Crippen molar-refractivity contribution in [1.29, 1.82) is 0 Å². The van der Waals surface area contributed by atoms with Crippen molar-refractivity contribution in [3.63, 3.8) is 0 Å². The Bertz CT molecular complexity index is 2800. The summed E-state index contributed by atoms with van der Waals surface area (Å²) in [6.45, 7) is 10.1. The summed E-state index contributed by atoms with van der Waals surface area (Å²) in [6, 6.07) is 42.8. The minimum atomic E-state index is -0.459. The molecule has 70 heavy (non-hydrogen) atoms. The molecule has 2 aromatic heterocycles. The van der Waals surface area contributed by atoms with E-state index in [1.165, 1.54) is 0 Å². The van der Waals surface area contributed by atoms with Gasteiger partial charge in [0.05, 0.1) is 23.9 Å². The van der Waals surface area contributed by atoms with Crippen molar-refractivity contribution in [3.05, 3.63) is 189 Å². The number of aliphatic hydroxyl groups is 2. The Labute approximate surface area is 409 Å². The number of nitrogens with one attached hydrogen (secondary N) is 2. The minimum absolute atomic E-state index is 0.0411. The van der Waals surface area contributed by atoms with Crippen molar-refractivity contribution >= 4 is 35.3 Å². The number of carbonyl (C=O) groups excluding carboxylic acids is 2. The van der Waals surface area contributed by atoms with E-state index in [0.717, 1.165) is 58.1 Å². The average Bonchev–Trinajstić information content (AvgIpc) is 3.77. The van der Waals surface area contributed by atoms with Crippen LogP contribution in [0.3, 0.4) is 0 Å². The summed E-state index contributed by atoms with van der Waals surface area (Å²) < 4.78 is 3.61. The molecule has 0 aliphatic carbocycles. The molecule has 6 heterocycles. The number of carbonyl (C=O) groups is 2. The van der Waals surface area contributed by atoms with Gasteiger partial charge in [0.1, 0.15) is 0 Å². The molecule has 12 nitrogen and oxygen atoms in total. The second kappa shape index (κ2) is 21.0. The standard InChI is InChI=1S/2C29H31N3O3/c2*1-3-8-21-13-16-24-27-26(23(18-33)25(31(27)4-2)17-32(24)29(21)35)28(34)30-22-14-11-20(12-15-22)19-9-6-5-7-10-19/h2*3,5-16,23,25-27,33H,4,17-18H2,1-2H3,(H,30,34)/b8-3+;8-3-/t2*23-,25-,26+,27+/m00/s1. The molecule has 4 aromatic carbocycles. The van der Waals surface area contributed by atoms with Crippen LogP contribution in [0, 0.1) is 23.7 Å². The van der Waals surface area contributed by atoms with Crippen LogP contribution in [0.25, 0.3) is 34.4 Å². The molecule has 0 unspecified atom stereocenters. The summed E-state index contributed by atoms with van der Waals surface area (Å²) in [4.78, 5) is 58.2. The van der Waals surface area contributed by atoms with Crippen LogP contribution in [-0.2, 0) is 22.7 Å². The van der Waals surface area contributed by atoms with Gasteiger partial charge in [-0.05, 0) is 97.7 Å². The second-order valence-corrected chi connectivity index (χ2v) is 18.6. The topological polar surface area (TPSA) is 149 Å². The molecule has 0 radical (unpaired) electrons. The molecular weight excluding hydrogens is 877 g/mol. The molecule has 0 spiro atoms. The van der Waals surface area contributed by atoms with Crippen molar-refractivity contribution < 1.29 is 19.8 Å². The lowest BCUT2D eigenvalue weighted by molar-refractivity contribution is -0.123. The van der Waals surface area contributed by atoms with Gasteiger partial charge in [-0.15, -0.1) is 0 Å².